The molecule has 0 radical (unpaired) electrons. The predicted octanol–water partition coefficient (Wildman–Crippen LogP) is -4.14. The van der Waals surface area contributed by atoms with Gasteiger partial charge in [-0.1, -0.05) is 18.2 Å². The van der Waals surface area contributed by atoms with Crippen molar-refractivity contribution < 1.29 is 44.1 Å². The maximum Gasteiger partial charge on any atom is 0.245 e. The van der Waals surface area contributed by atoms with Crippen LogP contribution in [-0.2, 0) is 28.8 Å². The maximum atomic E-state index is 12.4. The molecule has 34 heavy (non-hydrogen) atoms. The van der Waals surface area contributed by atoms with E-state index in [1.54, 1.807) is 0 Å². The second-order valence-corrected chi connectivity index (χ2v) is 8.29. The Kier molecular flexibility index (Phi) is 16.3. The number of hydrogen-bond donors (Lipinski definition) is 8. The first-order chi connectivity index (χ1) is 16.0. The van der Waals surface area contributed by atoms with Crippen LogP contribution in [0.4, 0.5) is 0 Å². The van der Waals surface area contributed by atoms with Crippen molar-refractivity contribution in [2.75, 3.05) is 32.1 Å². The van der Waals surface area contributed by atoms with E-state index in [0.29, 0.717) is 31.0 Å². The normalized spacial score (nSPS) is 13.2. The van der Waals surface area contributed by atoms with E-state index >= 15 is 0 Å². The van der Waals surface area contributed by atoms with E-state index in [1.165, 1.54) is 6.92 Å². The number of carbonyl (C=O) groups excluding carboxylic acids is 6. The van der Waals surface area contributed by atoms with Gasteiger partial charge in [-0.15, -0.1) is 0 Å². The Bertz CT molecular complexity index is 722. The van der Waals surface area contributed by atoms with E-state index in [1.807, 2.05) is 0 Å². The number of aliphatic hydroxyl groups is 3. The van der Waals surface area contributed by atoms with Crippen LogP contribution in [0.2, 0.25) is 0 Å². The van der Waals surface area contributed by atoms with E-state index in [4.69, 9.17) is 5.73 Å². The van der Waals surface area contributed by atoms with Crippen LogP contribution in [0, 0.1) is 0 Å². The molecule has 0 saturated heterocycles. The van der Waals surface area contributed by atoms with Crippen molar-refractivity contribution in [1.29, 1.82) is 0 Å². The SMILES string of the molecule is CC(=O)SCC(=O)NC(CO)C(=O)NC(CO)C(=O)NC(CO)C(=O)NCCCCCC(N)=O. The van der Waals surface area contributed by atoms with Crippen molar-refractivity contribution in [3.63, 3.8) is 0 Å². The highest BCUT2D eigenvalue weighted by Crippen LogP contribution is 2.01. The van der Waals surface area contributed by atoms with Crippen LogP contribution in [0.15, 0.2) is 0 Å². The third-order valence-corrected chi connectivity index (χ3v) is 5.08. The number of nitrogens with one attached hydrogen (secondary N) is 4. The zero-order valence-electron chi connectivity index (χ0n) is 18.9. The summed E-state index contributed by atoms with van der Waals surface area (Å²) < 4.78 is 0. The summed E-state index contributed by atoms with van der Waals surface area (Å²) in [5.41, 5.74) is 5.03. The van der Waals surface area contributed by atoms with E-state index in [0.717, 1.165) is 0 Å². The van der Waals surface area contributed by atoms with E-state index in [9.17, 15) is 44.1 Å². The van der Waals surface area contributed by atoms with Crippen LogP contribution in [0.5, 0.6) is 0 Å². The summed E-state index contributed by atoms with van der Waals surface area (Å²) in [5.74, 6) is -4.07. The van der Waals surface area contributed by atoms with Crippen LogP contribution in [0.1, 0.15) is 32.6 Å². The smallest absolute Gasteiger partial charge is 0.245 e. The van der Waals surface area contributed by atoms with Crippen molar-refractivity contribution >= 4 is 46.4 Å². The first kappa shape index (κ1) is 31.2. The number of aliphatic hydroxyl groups excluding tert-OH is 3. The lowest BCUT2D eigenvalue weighted by molar-refractivity contribution is -0.135. The molecule has 0 saturated carbocycles. The zero-order chi connectivity index (χ0) is 26.1. The Morgan fingerprint density at radius 2 is 1.26 bits per heavy atom. The molecule has 3 unspecified atom stereocenters. The molecule has 14 nitrogen and oxygen atoms in total. The van der Waals surface area contributed by atoms with Gasteiger partial charge in [-0.05, 0) is 12.8 Å². The lowest BCUT2D eigenvalue weighted by Crippen LogP contribution is -2.59. The Morgan fingerprint density at radius 3 is 1.74 bits per heavy atom. The fourth-order valence-corrected chi connectivity index (χ4v) is 2.88. The molecule has 0 aliphatic heterocycles. The Labute approximate surface area is 200 Å². The summed E-state index contributed by atoms with van der Waals surface area (Å²) in [7, 11) is 0. The van der Waals surface area contributed by atoms with Gasteiger partial charge >= 0.3 is 0 Å². The third-order valence-electron chi connectivity index (χ3n) is 4.27. The van der Waals surface area contributed by atoms with Crippen LogP contribution in [-0.4, -0.2) is 100 Å². The highest BCUT2D eigenvalue weighted by Gasteiger charge is 2.28. The van der Waals surface area contributed by atoms with Crippen LogP contribution >= 0.6 is 11.8 Å². The van der Waals surface area contributed by atoms with Gasteiger partial charge in [0.2, 0.25) is 29.5 Å². The molecule has 0 aromatic rings. The quantitative estimate of drug-likeness (QED) is 0.0884. The summed E-state index contributed by atoms with van der Waals surface area (Å²) in [5, 5.41) is 36.9. The minimum atomic E-state index is -1.54. The van der Waals surface area contributed by atoms with Gasteiger partial charge in [-0.25, -0.2) is 0 Å². The third kappa shape index (κ3) is 13.7. The lowest BCUT2D eigenvalue weighted by Gasteiger charge is -2.23. The number of nitrogens with two attached hydrogens (primary N) is 1. The van der Waals surface area contributed by atoms with Crippen molar-refractivity contribution in [1.82, 2.24) is 21.3 Å². The highest BCUT2D eigenvalue weighted by molar-refractivity contribution is 8.14. The lowest BCUT2D eigenvalue weighted by atomic mass is 10.2. The Hall–Kier alpha value is -2.75. The number of rotatable bonds is 17. The molecule has 0 bridgehead atoms. The number of carbonyl (C=O) groups is 6. The molecular formula is C19H33N5O9S. The predicted molar refractivity (Wildman–Crippen MR) is 121 cm³/mol. The van der Waals surface area contributed by atoms with E-state index < -0.39 is 67.5 Å². The first-order valence-electron chi connectivity index (χ1n) is 10.5. The van der Waals surface area contributed by atoms with Gasteiger partial charge in [0, 0.05) is 19.9 Å². The van der Waals surface area contributed by atoms with E-state index in [-0.39, 0.29) is 23.8 Å². The van der Waals surface area contributed by atoms with Crippen molar-refractivity contribution in [3.8, 4) is 0 Å². The maximum absolute atomic E-state index is 12.4. The van der Waals surface area contributed by atoms with Crippen LogP contribution in [0.3, 0.4) is 0 Å². The summed E-state index contributed by atoms with van der Waals surface area (Å²) in [6.45, 7) is -0.962. The minimum absolute atomic E-state index is 0.226. The largest absolute Gasteiger partial charge is 0.394 e. The summed E-state index contributed by atoms with van der Waals surface area (Å²) in [4.78, 5) is 70.1. The molecule has 3 atom stereocenters. The van der Waals surface area contributed by atoms with Gasteiger partial charge in [0.15, 0.2) is 5.12 Å². The molecular weight excluding hydrogens is 474 g/mol. The summed E-state index contributed by atoms with van der Waals surface area (Å²) in [6, 6.07) is -4.35. The average Bonchev–Trinajstić information content (AvgIpc) is 2.79. The van der Waals surface area contributed by atoms with Gasteiger partial charge in [-0.2, -0.15) is 0 Å². The monoisotopic (exact) mass is 507 g/mol. The van der Waals surface area contributed by atoms with Crippen LogP contribution < -0.4 is 27.0 Å². The molecule has 0 rings (SSSR count). The fraction of sp³-hybridized carbons (Fsp3) is 0.684. The van der Waals surface area contributed by atoms with Gasteiger partial charge in [0.05, 0.1) is 25.6 Å². The number of primary amides is 1. The number of amides is 5. The molecule has 0 aliphatic rings. The molecule has 15 heteroatoms. The Balaban J connectivity index is 4.70. The molecule has 0 aromatic carbocycles. The minimum Gasteiger partial charge on any atom is -0.394 e. The number of unbranched alkanes of at least 4 members (excludes halogenated alkanes) is 2. The molecule has 194 valence electrons. The zero-order valence-corrected chi connectivity index (χ0v) is 19.7. The molecule has 0 aromatic heterocycles. The standard InChI is InChI=1S/C19H33N5O9S/c1-11(28)34-10-16(30)22-13(8-26)18(32)24-14(9-27)19(33)23-12(7-25)17(31)21-6-4-2-3-5-15(20)29/h12-14,25-27H,2-10H2,1H3,(H2,20,29)(H,21,31)(H,22,30)(H,23,33)(H,24,32). The number of thioether (sulfide) groups is 1. The summed E-state index contributed by atoms with van der Waals surface area (Å²) >= 11 is 0.701. The molecule has 0 aliphatic carbocycles. The van der Waals surface area contributed by atoms with Gasteiger partial charge in [0.1, 0.15) is 18.1 Å². The van der Waals surface area contributed by atoms with Crippen molar-refractivity contribution in [2.45, 2.75) is 50.7 Å². The average molecular weight is 508 g/mol. The highest BCUT2D eigenvalue weighted by atomic mass is 32.2. The second kappa shape index (κ2) is 17.7. The van der Waals surface area contributed by atoms with E-state index in [2.05, 4.69) is 21.3 Å². The Morgan fingerprint density at radius 1 is 0.765 bits per heavy atom. The summed E-state index contributed by atoms with van der Waals surface area (Å²) in [6.07, 6.45) is 1.97. The van der Waals surface area contributed by atoms with Crippen molar-refractivity contribution in [3.05, 3.63) is 0 Å². The fourth-order valence-electron chi connectivity index (χ4n) is 2.47. The molecule has 0 fully saturated rings. The molecule has 0 spiro atoms. The van der Waals surface area contributed by atoms with Gasteiger partial charge in [-0.3, -0.25) is 28.8 Å². The molecule has 5 amide bonds. The van der Waals surface area contributed by atoms with Crippen molar-refractivity contribution in [2.24, 2.45) is 5.73 Å². The molecule has 0 heterocycles. The van der Waals surface area contributed by atoms with Crippen LogP contribution in [0.25, 0.3) is 0 Å². The topological polar surface area (TPSA) is 237 Å². The molecule has 9 N–H and O–H groups in total. The first-order valence-corrected chi connectivity index (χ1v) is 11.5. The number of hydrogen-bond acceptors (Lipinski definition) is 10. The van der Waals surface area contributed by atoms with Gasteiger partial charge in [0.25, 0.3) is 0 Å². The van der Waals surface area contributed by atoms with Gasteiger partial charge < -0.3 is 42.3 Å². The second-order valence-electron chi connectivity index (χ2n) is 7.14.